The van der Waals surface area contributed by atoms with E-state index < -0.39 is 0 Å². The average Bonchev–Trinajstić information content (AvgIpc) is 2.52. The van der Waals surface area contributed by atoms with Gasteiger partial charge in [-0.05, 0) is 42.0 Å². The van der Waals surface area contributed by atoms with Crippen LogP contribution in [-0.2, 0) is 0 Å². The molecule has 0 heterocycles. The lowest BCUT2D eigenvalue weighted by Gasteiger charge is -2.02. The van der Waals surface area contributed by atoms with Crippen LogP contribution in [0.25, 0.3) is 0 Å². The zero-order chi connectivity index (χ0) is 14.2. The number of ether oxygens (including phenoxy) is 2. The maximum atomic E-state index is 5.36. The van der Waals surface area contributed by atoms with Crippen LogP contribution in [0.2, 0.25) is 0 Å². The molecule has 3 nitrogen and oxygen atoms in total. The predicted molar refractivity (Wildman–Crippen MR) is 81.0 cm³/mol. The molecule has 0 aromatic heterocycles. The fourth-order valence-electron chi connectivity index (χ4n) is 1.63. The van der Waals surface area contributed by atoms with Gasteiger partial charge in [0.1, 0.15) is 18.1 Å². The lowest BCUT2D eigenvalue weighted by molar-refractivity contribution is 0.370. The highest BCUT2D eigenvalue weighted by Crippen LogP contribution is 2.18. The largest absolute Gasteiger partial charge is 0.497 e. The van der Waals surface area contributed by atoms with Crippen molar-refractivity contribution in [2.45, 2.75) is 0 Å². The summed E-state index contributed by atoms with van der Waals surface area (Å²) in [6.45, 7) is 0.263. The molecule has 2 rings (SSSR count). The van der Waals surface area contributed by atoms with E-state index in [-0.39, 0.29) is 6.61 Å². The molecule has 2 aromatic carbocycles. The Morgan fingerprint density at radius 1 is 1.15 bits per heavy atom. The number of hydrogen-bond acceptors (Lipinski definition) is 3. The second kappa shape index (κ2) is 7.01. The molecule has 0 bridgehead atoms. The molecular formula is C17H15NO2. The van der Waals surface area contributed by atoms with Gasteiger partial charge in [0.25, 0.3) is 0 Å². The van der Waals surface area contributed by atoms with Gasteiger partial charge in [-0.15, -0.1) is 6.42 Å². The molecule has 0 unspecified atom stereocenters. The highest BCUT2D eigenvalue weighted by atomic mass is 16.5. The quantitative estimate of drug-likeness (QED) is 0.612. The fourth-order valence-corrected chi connectivity index (χ4v) is 1.63. The van der Waals surface area contributed by atoms with Crippen molar-refractivity contribution >= 4 is 11.9 Å². The van der Waals surface area contributed by atoms with Gasteiger partial charge in [-0.25, -0.2) is 0 Å². The van der Waals surface area contributed by atoms with Crippen molar-refractivity contribution in [3.05, 3.63) is 54.1 Å². The summed E-state index contributed by atoms with van der Waals surface area (Å²) in [4.78, 5) is 4.40. The number of methoxy groups -OCH3 is 1. The van der Waals surface area contributed by atoms with Gasteiger partial charge in [-0.3, -0.25) is 4.99 Å². The first-order chi connectivity index (χ1) is 9.81. The van der Waals surface area contributed by atoms with Crippen LogP contribution in [-0.4, -0.2) is 19.9 Å². The molecule has 0 aliphatic rings. The van der Waals surface area contributed by atoms with Crippen LogP contribution in [0.15, 0.2) is 53.5 Å². The van der Waals surface area contributed by atoms with Crippen molar-refractivity contribution in [1.29, 1.82) is 0 Å². The first-order valence-electron chi connectivity index (χ1n) is 6.16. The van der Waals surface area contributed by atoms with Crippen LogP contribution in [0, 0.1) is 12.3 Å². The molecule has 0 aliphatic carbocycles. The molecule has 0 N–H and O–H groups in total. The first-order valence-corrected chi connectivity index (χ1v) is 6.16. The standard InChI is InChI=1S/C17H15NO2/c1-3-11-20-17-6-4-5-14(12-17)13-18-15-7-9-16(19-2)10-8-15/h1,4-10,12-13H,11H2,2H3. The van der Waals surface area contributed by atoms with E-state index in [1.807, 2.05) is 48.5 Å². The maximum Gasteiger partial charge on any atom is 0.148 e. The maximum absolute atomic E-state index is 5.36. The summed E-state index contributed by atoms with van der Waals surface area (Å²) < 4.78 is 10.5. The topological polar surface area (TPSA) is 30.8 Å². The van der Waals surface area contributed by atoms with E-state index in [0.717, 1.165) is 22.7 Å². The minimum absolute atomic E-state index is 0.263. The Morgan fingerprint density at radius 3 is 2.65 bits per heavy atom. The third kappa shape index (κ3) is 3.89. The van der Waals surface area contributed by atoms with E-state index in [2.05, 4.69) is 10.9 Å². The molecule has 3 heteroatoms. The summed E-state index contributed by atoms with van der Waals surface area (Å²) in [6.07, 6.45) is 6.94. The van der Waals surface area contributed by atoms with Gasteiger partial charge in [-0.2, -0.15) is 0 Å². The summed E-state index contributed by atoms with van der Waals surface area (Å²) in [5.74, 6) is 3.99. The van der Waals surface area contributed by atoms with Crippen molar-refractivity contribution in [1.82, 2.24) is 0 Å². The minimum atomic E-state index is 0.263. The number of benzene rings is 2. The summed E-state index contributed by atoms with van der Waals surface area (Å²) in [7, 11) is 1.64. The molecule has 0 saturated heterocycles. The van der Waals surface area contributed by atoms with Crippen LogP contribution in [0.4, 0.5) is 5.69 Å². The number of terminal acetylenes is 1. The minimum Gasteiger partial charge on any atom is -0.497 e. The molecule has 20 heavy (non-hydrogen) atoms. The molecular weight excluding hydrogens is 250 g/mol. The molecule has 0 spiro atoms. The van der Waals surface area contributed by atoms with Crippen molar-refractivity contribution in [2.24, 2.45) is 4.99 Å². The number of rotatable bonds is 5. The van der Waals surface area contributed by atoms with Crippen LogP contribution in [0.3, 0.4) is 0 Å². The molecule has 0 amide bonds. The zero-order valence-electron chi connectivity index (χ0n) is 11.2. The summed E-state index contributed by atoms with van der Waals surface area (Å²) in [6, 6.07) is 15.2. The van der Waals surface area contributed by atoms with Crippen LogP contribution in [0.1, 0.15) is 5.56 Å². The fraction of sp³-hybridized carbons (Fsp3) is 0.118. The smallest absolute Gasteiger partial charge is 0.148 e. The number of aliphatic imine (C=N–C) groups is 1. The van der Waals surface area contributed by atoms with E-state index in [9.17, 15) is 0 Å². The monoisotopic (exact) mass is 265 g/mol. The zero-order valence-corrected chi connectivity index (χ0v) is 11.2. The Labute approximate surface area is 118 Å². The molecule has 0 aliphatic heterocycles. The van der Waals surface area contributed by atoms with Crippen molar-refractivity contribution < 1.29 is 9.47 Å². The Morgan fingerprint density at radius 2 is 1.95 bits per heavy atom. The summed E-state index contributed by atoms with van der Waals surface area (Å²) in [5.41, 5.74) is 1.82. The third-order valence-corrected chi connectivity index (χ3v) is 2.62. The normalized spacial score (nSPS) is 10.2. The molecule has 100 valence electrons. The summed E-state index contributed by atoms with van der Waals surface area (Å²) in [5, 5.41) is 0. The van der Waals surface area contributed by atoms with Crippen LogP contribution in [0.5, 0.6) is 11.5 Å². The van der Waals surface area contributed by atoms with Crippen LogP contribution < -0.4 is 9.47 Å². The van der Waals surface area contributed by atoms with Gasteiger partial charge in [0.2, 0.25) is 0 Å². The lowest BCUT2D eigenvalue weighted by atomic mass is 10.2. The van der Waals surface area contributed by atoms with E-state index in [1.54, 1.807) is 13.3 Å². The Bertz CT molecular complexity index is 624. The molecule has 0 fully saturated rings. The highest BCUT2D eigenvalue weighted by molar-refractivity contribution is 5.82. The lowest BCUT2D eigenvalue weighted by Crippen LogP contribution is -1.93. The van der Waals surface area contributed by atoms with E-state index in [0.29, 0.717) is 0 Å². The van der Waals surface area contributed by atoms with E-state index in [4.69, 9.17) is 15.9 Å². The van der Waals surface area contributed by atoms with Gasteiger partial charge in [-0.1, -0.05) is 18.1 Å². The molecule has 0 atom stereocenters. The third-order valence-electron chi connectivity index (χ3n) is 2.62. The number of hydrogen-bond donors (Lipinski definition) is 0. The number of nitrogens with zero attached hydrogens (tertiary/aromatic N) is 1. The Balaban J connectivity index is 2.08. The second-order valence-electron chi connectivity index (χ2n) is 4.02. The second-order valence-corrected chi connectivity index (χ2v) is 4.02. The van der Waals surface area contributed by atoms with Crippen molar-refractivity contribution in [3.63, 3.8) is 0 Å². The van der Waals surface area contributed by atoms with E-state index in [1.165, 1.54) is 0 Å². The van der Waals surface area contributed by atoms with Gasteiger partial charge >= 0.3 is 0 Å². The molecule has 0 saturated carbocycles. The Kier molecular flexibility index (Phi) is 4.80. The highest BCUT2D eigenvalue weighted by Gasteiger charge is 1.95. The predicted octanol–water partition coefficient (Wildman–Crippen LogP) is 3.46. The van der Waals surface area contributed by atoms with Gasteiger partial charge in [0.15, 0.2) is 0 Å². The van der Waals surface area contributed by atoms with Crippen molar-refractivity contribution in [2.75, 3.05) is 13.7 Å². The van der Waals surface area contributed by atoms with Gasteiger partial charge < -0.3 is 9.47 Å². The molecule has 0 radical (unpaired) electrons. The summed E-state index contributed by atoms with van der Waals surface area (Å²) >= 11 is 0. The van der Waals surface area contributed by atoms with Crippen LogP contribution >= 0.6 is 0 Å². The average molecular weight is 265 g/mol. The first kappa shape index (κ1) is 13.7. The van der Waals surface area contributed by atoms with Gasteiger partial charge in [0, 0.05) is 6.21 Å². The van der Waals surface area contributed by atoms with Gasteiger partial charge in [0.05, 0.1) is 12.8 Å². The SMILES string of the molecule is C#CCOc1cccc(C=Nc2ccc(OC)cc2)c1. The van der Waals surface area contributed by atoms with Crippen molar-refractivity contribution in [3.8, 4) is 23.8 Å². The Hall–Kier alpha value is -2.73. The molecule has 2 aromatic rings. The van der Waals surface area contributed by atoms with E-state index >= 15 is 0 Å².